The SMILES string of the molecule is O=C(CC1CCN(c2ccn3nccc3n2)CC1)NC1CCC1. The number of anilines is 1. The minimum absolute atomic E-state index is 0.243. The summed E-state index contributed by atoms with van der Waals surface area (Å²) in [6.45, 7) is 1.94. The molecule has 0 aromatic carbocycles. The van der Waals surface area contributed by atoms with E-state index in [0.29, 0.717) is 18.4 Å². The van der Waals surface area contributed by atoms with Gasteiger partial charge in [0.2, 0.25) is 5.91 Å². The summed E-state index contributed by atoms with van der Waals surface area (Å²) in [6.07, 6.45) is 10.1. The molecule has 2 aromatic rings. The van der Waals surface area contributed by atoms with Gasteiger partial charge in [0.05, 0.1) is 6.20 Å². The van der Waals surface area contributed by atoms with Gasteiger partial charge in [-0.3, -0.25) is 4.79 Å². The summed E-state index contributed by atoms with van der Waals surface area (Å²) < 4.78 is 1.78. The van der Waals surface area contributed by atoms with Crippen LogP contribution in [0.3, 0.4) is 0 Å². The Hall–Kier alpha value is -2.11. The Bertz CT molecular complexity index is 685. The third-order valence-corrected chi connectivity index (χ3v) is 5.13. The highest BCUT2D eigenvalue weighted by atomic mass is 16.1. The largest absolute Gasteiger partial charge is 0.356 e. The molecule has 4 rings (SSSR count). The maximum Gasteiger partial charge on any atom is 0.220 e. The summed E-state index contributed by atoms with van der Waals surface area (Å²) in [6, 6.07) is 4.39. The van der Waals surface area contributed by atoms with E-state index in [4.69, 9.17) is 0 Å². The second kappa shape index (κ2) is 6.18. The lowest BCUT2D eigenvalue weighted by molar-refractivity contribution is -0.123. The van der Waals surface area contributed by atoms with Gasteiger partial charge in [-0.2, -0.15) is 5.10 Å². The smallest absolute Gasteiger partial charge is 0.220 e. The fraction of sp³-hybridized carbons (Fsp3) is 0.588. The highest BCUT2D eigenvalue weighted by molar-refractivity contribution is 5.76. The van der Waals surface area contributed by atoms with E-state index in [2.05, 4.69) is 20.3 Å². The molecular weight excluding hydrogens is 290 g/mol. The number of nitrogens with one attached hydrogen (secondary N) is 1. The molecule has 1 saturated carbocycles. The van der Waals surface area contributed by atoms with Gasteiger partial charge in [0.1, 0.15) is 5.82 Å². The Morgan fingerprint density at radius 1 is 1.22 bits per heavy atom. The molecule has 0 spiro atoms. The Balaban J connectivity index is 1.30. The number of nitrogens with zero attached hydrogens (tertiary/aromatic N) is 4. The summed E-state index contributed by atoms with van der Waals surface area (Å²) in [5.41, 5.74) is 0.879. The summed E-state index contributed by atoms with van der Waals surface area (Å²) in [5, 5.41) is 7.33. The van der Waals surface area contributed by atoms with Crippen LogP contribution in [0.4, 0.5) is 5.82 Å². The topological polar surface area (TPSA) is 62.5 Å². The van der Waals surface area contributed by atoms with Crippen molar-refractivity contribution in [2.45, 2.75) is 44.6 Å². The van der Waals surface area contributed by atoms with Crippen LogP contribution >= 0.6 is 0 Å². The van der Waals surface area contributed by atoms with Crippen LogP contribution in [-0.4, -0.2) is 39.6 Å². The molecule has 1 saturated heterocycles. The lowest BCUT2D eigenvalue weighted by Crippen LogP contribution is -2.41. The average molecular weight is 313 g/mol. The first-order chi connectivity index (χ1) is 11.3. The maximum atomic E-state index is 12.0. The molecular formula is C17H23N5O. The molecule has 0 unspecified atom stereocenters. The van der Waals surface area contributed by atoms with Crippen LogP contribution in [0.1, 0.15) is 38.5 Å². The molecule has 3 heterocycles. The zero-order valence-corrected chi connectivity index (χ0v) is 13.3. The predicted molar refractivity (Wildman–Crippen MR) is 88.3 cm³/mol. The van der Waals surface area contributed by atoms with Crippen molar-refractivity contribution in [1.29, 1.82) is 0 Å². The lowest BCUT2D eigenvalue weighted by atomic mass is 9.90. The maximum absolute atomic E-state index is 12.0. The number of hydrogen-bond donors (Lipinski definition) is 1. The van der Waals surface area contributed by atoms with Crippen molar-refractivity contribution in [3.8, 4) is 0 Å². The quantitative estimate of drug-likeness (QED) is 0.938. The van der Waals surface area contributed by atoms with Gasteiger partial charge in [-0.1, -0.05) is 0 Å². The van der Waals surface area contributed by atoms with Crippen LogP contribution in [-0.2, 0) is 4.79 Å². The minimum Gasteiger partial charge on any atom is -0.356 e. The highest BCUT2D eigenvalue weighted by Gasteiger charge is 2.25. The minimum atomic E-state index is 0.243. The number of fused-ring (bicyclic) bond motifs is 1. The van der Waals surface area contributed by atoms with Gasteiger partial charge in [0.15, 0.2) is 5.65 Å². The molecule has 2 aliphatic rings. The third kappa shape index (κ3) is 3.16. The van der Waals surface area contributed by atoms with Crippen LogP contribution < -0.4 is 10.2 Å². The zero-order valence-electron chi connectivity index (χ0n) is 13.3. The van der Waals surface area contributed by atoms with Gasteiger partial charge in [0.25, 0.3) is 0 Å². The second-order valence-corrected chi connectivity index (χ2v) is 6.75. The zero-order chi connectivity index (χ0) is 15.6. The van der Waals surface area contributed by atoms with Gasteiger partial charge in [-0.15, -0.1) is 0 Å². The predicted octanol–water partition coefficient (Wildman–Crippen LogP) is 2.00. The first-order valence-corrected chi connectivity index (χ1v) is 8.62. The first-order valence-electron chi connectivity index (χ1n) is 8.62. The van der Waals surface area contributed by atoms with Gasteiger partial charge >= 0.3 is 0 Å². The van der Waals surface area contributed by atoms with Crippen molar-refractivity contribution in [3.05, 3.63) is 24.5 Å². The number of carbonyl (C=O) groups excluding carboxylic acids is 1. The molecule has 1 aliphatic carbocycles. The first kappa shape index (κ1) is 14.5. The summed E-state index contributed by atoms with van der Waals surface area (Å²) in [7, 11) is 0. The number of rotatable bonds is 4. The number of piperidine rings is 1. The highest BCUT2D eigenvalue weighted by Crippen LogP contribution is 2.25. The Morgan fingerprint density at radius 2 is 2.04 bits per heavy atom. The molecule has 1 N–H and O–H groups in total. The molecule has 2 aromatic heterocycles. The molecule has 6 nitrogen and oxygen atoms in total. The number of hydrogen-bond acceptors (Lipinski definition) is 4. The number of carbonyl (C=O) groups is 1. The van der Waals surface area contributed by atoms with Gasteiger partial charge in [-0.25, -0.2) is 9.50 Å². The molecule has 1 amide bonds. The van der Waals surface area contributed by atoms with Crippen LogP contribution in [0, 0.1) is 5.92 Å². The van der Waals surface area contributed by atoms with Crippen LogP contribution in [0.2, 0.25) is 0 Å². The normalized spacial score (nSPS) is 19.7. The van der Waals surface area contributed by atoms with Crippen LogP contribution in [0.5, 0.6) is 0 Å². The van der Waals surface area contributed by atoms with Crippen molar-refractivity contribution in [3.63, 3.8) is 0 Å². The van der Waals surface area contributed by atoms with E-state index in [0.717, 1.165) is 50.2 Å². The van der Waals surface area contributed by atoms with Crippen molar-refractivity contribution in [2.75, 3.05) is 18.0 Å². The van der Waals surface area contributed by atoms with Crippen LogP contribution in [0.15, 0.2) is 24.5 Å². The number of aromatic nitrogens is 3. The molecule has 122 valence electrons. The molecule has 6 heteroatoms. The van der Waals surface area contributed by atoms with E-state index in [1.54, 1.807) is 10.7 Å². The Morgan fingerprint density at radius 3 is 2.78 bits per heavy atom. The molecule has 2 fully saturated rings. The molecule has 0 atom stereocenters. The van der Waals surface area contributed by atoms with Crippen molar-refractivity contribution in [1.82, 2.24) is 19.9 Å². The van der Waals surface area contributed by atoms with E-state index in [9.17, 15) is 4.79 Å². The van der Waals surface area contributed by atoms with Gasteiger partial charge in [0, 0.05) is 37.8 Å². The van der Waals surface area contributed by atoms with Crippen LogP contribution in [0.25, 0.3) is 5.65 Å². The summed E-state index contributed by atoms with van der Waals surface area (Å²) in [5.74, 6) is 1.76. The third-order valence-electron chi connectivity index (χ3n) is 5.13. The molecule has 0 radical (unpaired) electrons. The van der Waals surface area contributed by atoms with E-state index in [-0.39, 0.29) is 5.91 Å². The van der Waals surface area contributed by atoms with E-state index in [1.165, 1.54) is 6.42 Å². The fourth-order valence-electron chi connectivity index (χ4n) is 3.45. The standard InChI is InChI=1S/C17H23N5O/c23-17(19-14-2-1-3-14)12-13-5-9-21(10-6-13)15-7-11-22-16(20-15)4-8-18-22/h4,7-8,11,13-14H,1-3,5-6,9-10,12H2,(H,19,23). The van der Waals surface area contributed by atoms with E-state index >= 15 is 0 Å². The Labute approximate surface area is 135 Å². The van der Waals surface area contributed by atoms with Gasteiger partial charge < -0.3 is 10.2 Å². The second-order valence-electron chi connectivity index (χ2n) is 6.75. The monoisotopic (exact) mass is 313 g/mol. The van der Waals surface area contributed by atoms with Crippen molar-refractivity contribution in [2.24, 2.45) is 5.92 Å². The lowest BCUT2D eigenvalue weighted by Gasteiger charge is -2.33. The molecule has 1 aliphatic heterocycles. The van der Waals surface area contributed by atoms with E-state index < -0.39 is 0 Å². The Kier molecular flexibility index (Phi) is 3.89. The average Bonchev–Trinajstić information content (AvgIpc) is 2.99. The van der Waals surface area contributed by atoms with Crippen molar-refractivity contribution >= 4 is 17.4 Å². The summed E-state index contributed by atoms with van der Waals surface area (Å²) in [4.78, 5) is 19.0. The van der Waals surface area contributed by atoms with Crippen molar-refractivity contribution < 1.29 is 4.79 Å². The van der Waals surface area contributed by atoms with E-state index in [1.807, 2.05) is 18.3 Å². The van der Waals surface area contributed by atoms with Gasteiger partial charge in [-0.05, 0) is 44.1 Å². The summed E-state index contributed by atoms with van der Waals surface area (Å²) >= 11 is 0. The fourth-order valence-corrected chi connectivity index (χ4v) is 3.45. The molecule has 23 heavy (non-hydrogen) atoms. The molecule has 0 bridgehead atoms. The number of amides is 1.